The van der Waals surface area contributed by atoms with E-state index >= 15 is 4.39 Å². The number of halogens is 3. The number of hydrogen-bond donors (Lipinski definition) is 0. The van der Waals surface area contributed by atoms with Crippen LogP contribution in [0.5, 0.6) is 6.01 Å². The third-order valence-corrected chi connectivity index (χ3v) is 10.7. The Hall–Kier alpha value is -3.93. The van der Waals surface area contributed by atoms with Gasteiger partial charge in [-0.2, -0.15) is 9.97 Å². The number of amides is 1. The molecule has 2 aromatic carbocycles. The van der Waals surface area contributed by atoms with E-state index in [4.69, 9.17) is 26.1 Å². The van der Waals surface area contributed by atoms with Crippen molar-refractivity contribution in [3.8, 4) is 17.3 Å². The zero-order valence-corrected chi connectivity index (χ0v) is 26.8. The van der Waals surface area contributed by atoms with Crippen molar-refractivity contribution < 1.29 is 23.0 Å². The number of alkyl halides is 1. The van der Waals surface area contributed by atoms with Crippen molar-refractivity contribution in [2.24, 2.45) is 0 Å². The van der Waals surface area contributed by atoms with Gasteiger partial charge in [0.1, 0.15) is 35.3 Å². The monoisotopic (exact) mass is 660 g/mol. The molecular formula is C35H35ClF2N6O3. The zero-order valence-electron chi connectivity index (χ0n) is 26.1. The molecule has 0 saturated carbocycles. The molecule has 12 heteroatoms. The molecule has 0 unspecified atom stereocenters. The molecule has 6 heterocycles. The Labute approximate surface area is 276 Å². The molecule has 0 aliphatic carbocycles. The van der Waals surface area contributed by atoms with Crippen LogP contribution in [0.25, 0.3) is 32.9 Å². The van der Waals surface area contributed by atoms with Crippen LogP contribution in [-0.2, 0) is 9.53 Å². The first-order valence-corrected chi connectivity index (χ1v) is 16.4. The molecule has 4 aliphatic heterocycles. The number of carbonyl (C=O) groups is 1. The van der Waals surface area contributed by atoms with Crippen LogP contribution in [0.3, 0.4) is 0 Å². The van der Waals surface area contributed by atoms with E-state index in [0.29, 0.717) is 66.4 Å². The van der Waals surface area contributed by atoms with Crippen molar-refractivity contribution in [2.75, 3.05) is 50.9 Å². The van der Waals surface area contributed by atoms with Gasteiger partial charge >= 0.3 is 6.01 Å². The van der Waals surface area contributed by atoms with E-state index in [9.17, 15) is 9.18 Å². The smallest absolute Gasteiger partial charge is 0.319 e. The quantitative estimate of drug-likeness (QED) is 0.248. The standard InChI is InChI=1S/C35H35ClF2N6O3/c1-3-27(45)44-21(2)15-42(17-35(44)18-46-19-35)32-25-14-39-30(24-9-4-7-22-8-5-10-26(36)28(22)24)29(38)31(25)40-33(41-32)47-20-34-11-6-12-43(34)16-23(37)13-34/h3-5,7-10,14,21,23H,1,6,11-13,15-20H2,2H3/t21-,23+,34-/m0/s1. The molecule has 3 atom stereocenters. The molecule has 4 fully saturated rings. The Morgan fingerprint density at radius 3 is 2.79 bits per heavy atom. The molecule has 8 rings (SSSR count). The minimum Gasteiger partial charge on any atom is -0.461 e. The lowest BCUT2D eigenvalue weighted by Crippen LogP contribution is -2.75. The lowest BCUT2D eigenvalue weighted by atomic mass is 9.88. The minimum absolute atomic E-state index is 0.0131. The van der Waals surface area contributed by atoms with E-state index in [1.54, 1.807) is 18.3 Å². The van der Waals surface area contributed by atoms with Gasteiger partial charge in [-0.25, -0.2) is 8.78 Å². The first-order chi connectivity index (χ1) is 22.7. The van der Waals surface area contributed by atoms with Gasteiger partial charge in [-0.1, -0.05) is 48.5 Å². The maximum atomic E-state index is 16.9. The number of nitrogens with zero attached hydrogens (tertiary/aromatic N) is 6. The number of hydrogen-bond acceptors (Lipinski definition) is 8. The summed E-state index contributed by atoms with van der Waals surface area (Å²) in [4.78, 5) is 33.1. The molecule has 1 amide bonds. The summed E-state index contributed by atoms with van der Waals surface area (Å²) in [5.74, 6) is -0.325. The first-order valence-electron chi connectivity index (χ1n) is 16.1. The second kappa shape index (κ2) is 11.4. The van der Waals surface area contributed by atoms with Crippen LogP contribution in [-0.4, -0.2) is 99.9 Å². The van der Waals surface area contributed by atoms with Crippen LogP contribution in [0.1, 0.15) is 26.2 Å². The van der Waals surface area contributed by atoms with Crippen molar-refractivity contribution in [1.29, 1.82) is 0 Å². The first kappa shape index (κ1) is 30.4. The average Bonchev–Trinajstić information content (AvgIpc) is 3.58. The number of carbonyl (C=O) groups excluding carboxylic acids is 1. The summed E-state index contributed by atoms with van der Waals surface area (Å²) < 4.78 is 43.3. The summed E-state index contributed by atoms with van der Waals surface area (Å²) in [6.45, 7) is 8.64. The predicted octanol–water partition coefficient (Wildman–Crippen LogP) is 5.58. The second-order valence-corrected chi connectivity index (χ2v) is 13.8. The number of fused-ring (bicyclic) bond motifs is 3. The van der Waals surface area contributed by atoms with Gasteiger partial charge in [-0.05, 0) is 43.8 Å². The SMILES string of the molecule is C=CC(=O)N1[C@@H](C)CN(c2nc(OC[C@@]34CCCN3C[C@H](F)C4)nc3c(F)c(-c4cccc5cccc(Cl)c45)ncc23)CC12COC2. The van der Waals surface area contributed by atoms with Gasteiger partial charge in [0, 0.05) is 54.3 Å². The average molecular weight is 661 g/mol. The van der Waals surface area contributed by atoms with Gasteiger partial charge < -0.3 is 19.3 Å². The molecular weight excluding hydrogens is 626 g/mol. The van der Waals surface area contributed by atoms with E-state index < -0.39 is 23.1 Å². The van der Waals surface area contributed by atoms with Crippen LogP contribution < -0.4 is 9.64 Å². The molecule has 0 radical (unpaired) electrons. The van der Waals surface area contributed by atoms with Gasteiger partial charge in [0.05, 0.1) is 24.1 Å². The number of anilines is 1. The Kier molecular flexibility index (Phi) is 7.34. The van der Waals surface area contributed by atoms with Crippen LogP contribution in [0.2, 0.25) is 5.02 Å². The van der Waals surface area contributed by atoms with E-state index in [1.165, 1.54) is 6.08 Å². The molecule has 9 nitrogen and oxygen atoms in total. The van der Waals surface area contributed by atoms with Gasteiger partial charge in [-0.15, -0.1) is 0 Å². The molecule has 4 aromatic rings. The van der Waals surface area contributed by atoms with E-state index in [1.807, 2.05) is 41.0 Å². The molecule has 0 bridgehead atoms. The molecule has 47 heavy (non-hydrogen) atoms. The molecule has 0 N–H and O–H groups in total. The summed E-state index contributed by atoms with van der Waals surface area (Å²) >= 11 is 6.62. The molecule has 244 valence electrons. The summed E-state index contributed by atoms with van der Waals surface area (Å²) in [5, 5.41) is 2.46. The third-order valence-electron chi connectivity index (χ3n) is 10.4. The van der Waals surface area contributed by atoms with Gasteiger partial charge in [0.25, 0.3) is 0 Å². The number of pyridine rings is 1. The third kappa shape index (κ3) is 4.85. The number of piperazine rings is 1. The number of rotatable bonds is 6. The fourth-order valence-electron chi connectivity index (χ4n) is 8.30. The maximum absolute atomic E-state index is 16.9. The largest absolute Gasteiger partial charge is 0.461 e. The van der Waals surface area contributed by atoms with E-state index in [2.05, 4.69) is 21.4 Å². The molecule has 4 saturated heterocycles. The lowest BCUT2D eigenvalue weighted by molar-refractivity contribution is -0.172. The lowest BCUT2D eigenvalue weighted by Gasteiger charge is -2.57. The highest BCUT2D eigenvalue weighted by atomic mass is 35.5. The number of benzene rings is 2. The summed E-state index contributed by atoms with van der Waals surface area (Å²) in [6, 6.07) is 10.9. The zero-order chi connectivity index (χ0) is 32.5. The number of aromatic nitrogens is 3. The molecule has 4 aliphatic rings. The normalized spacial score (nSPS) is 25.4. The Bertz CT molecular complexity index is 1920. The summed E-state index contributed by atoms with van der Waals surface area (Å²) in [5.41, 5.74) is -0.298. The van der Waals surface area contributed by atoms with Gasteiger partial charge in [0.15, 0.2) is 5.82 Å². The van der Waals surface area contributed by atoms with Crippen molar-refractivity contribution in [1.82, 2.24) is 24.8 Å². The number of ether oxygens (including phenoxy) is 2. The molecule has 2 aromatic heterocycles. The summed E-state index contributed by atoms with van der Waals surface area (Å²) in [6.07, 6.45) is 4.18. The van der Waals surface area contributed by atoms with Crippen LogP contribution in [0, 0.1) is 5.82 Å². The van der Waals surface area contributed by atoms with E-state index in [-0.39, 0.29) is 35.8 Å². The van der Waals surface area contributed by atoms with E-state index in [0.717, 1.165) is 24.8 Å². The van der Waals surface area contributed by atoms with Crippen molar-refractivity contribution in [3.63, 3.8) is 0 Å². The summed E-state index contributed by atoms with van der Waals surface area (Å²) in [7, 11) is 0. The second-order valence-electron chi connectivity index (χ2n) is 13.4. The topological polar surface area (TPSA) is 83.9 Å². The molecule has 1 spiro atoms. The van der Waals surface area contributed by atoms with Crippen LogP contribution in [0.4, 0.5) is 14.6 Å². The van der Waals surface area contributed by atoms with Crippen LogP contribution >= 0.6 is 11.6 Å². The predicted molar refractivity (Wildman–Crippen MR) is 176 cm³/mol. The fourth-order valence-corrected chi connectivity index (χ4v) is 8.58. The fraction of sp³-hybridized carbons (Fsp3) is 0.429. The highest BCUT2D eigenvalue weighted by molar-refractivity contribution is 6.36. The van der Waals surface area contributed by atoms with Crippen molar-refractivity contribution in [2.45, 2.75) is 49.5 Å². The van der Waals surface area contributed by atoms with Gasteiger partial charge in [-0.3, -0.25) is 14.7 Å². The Balaban J connectivity index is 1.25. The Morgan fingerprint density at radius 1 is 1.21 bits per heavy atom. The van der Waals surface area contributed by atoms with Gasteiger partial charge in [0.2, 0.25) is 5.91 Å². The minimum atomic E-state index is -0.914. The Morgan fingerprint density at radius 2 is 2.02 bits per heavy atom. The van der Waals surface area contributed by atoms with Crippen molar-refractivity contribution >= 4 is 45.0 Å². The van der Waals surface area contributed by atoms with Crippen molar-refractivity contribution in [3.05, 3.63) is 66.1 Å². The highest BCUT2D eigenvalue weighted by Gasteiger charge is 2.53. The highest BCUT2D eigenvalue weighted by Crippen LogP contribution is 2.42. The van der Waals surface area contributed by atoms with Crippen LogP contribution in [0.15, 0.2) is 55.3 Å². The maximum Gasteiger partial charge on any atom is 0.319 e.